The molecule has 17 heavy (non-hydrogen) atoms. The molecule has 1 saturated carbocycles. The van der Waals surface area contributed by atoms with E-state index in [0.29, 0.717) is 0 Å². The van der Waals surface area contributed by atoms with Crippen LogP contribution in [0, 0.1) is 0 Å². The van der Waals surface area contributed by atoms with Crippen molar-refractivity contribution in [1.82, 2.24) is 20.3 Å². The second kappa shape index (κ2) is 4.30. The van der Waals surface area contributed by atoms with E-state index in [2.05, 4.69) is 39.9 Å². The van der Waals surface area contributed by atoms with Crippen molar-refractivity contribution in [2.45, 2.75) is 25.4 Å². The molecule has 1 heterocycles. The Hall–Kier alpha value is -1.68. The second-order valence-electron chi connectivity index (χ2n) is 4.59. The monoisotopic (exact) mass is 228 g/mol. The highest BCUT2D eigenvalue weighted by atomic mass is 15.4. The molecule has 1 aromatic carbocycles. The van der Waals surface area contributed by atoms with E-state index in [1.807, 2.05) is 7.05 Å². The molecule has 0 amide bonds. The molecule has 4 nitrogen and oxygen atoms in total. The maximum atomic E-state index is 3.94. The van der Waals surface area contributed by atoms with Crippen LogP contribution in [-0.2, 0) is 13.6 Å². The fourth-order valence-electron chi connectivity index (χ4n) is 1.89. The lowest BCUT2D eigenvalue weighted by Crippen LogP contribution is -2.15. The fourth-order valence-corrected chi connectivity index (χ4v) is 1.89. The van der Waals surface area contributed by atoms with Gasteiger partial charge in [-0.25, -0.2) is 4.68 Å². The molecule has 0 unspecified atom stereocenters. The lowest BCUT2D eigenvalue weighted by atomic mass is 10.1. The van der Waals surface area contributed by atoms with E-state index in [9.17, 15) is 0 Å². The average Bonchev–Trinajstić information content (AvgIpc) is 3.09. The van der Waals surface area contributed by atoms with E-state index in [4.69, 9.17) is 0 Å². The van der Waals surface area contributed by atoms with E-state index in [1.165, 1.54) is 18.4 Å². The van der Waals surface area contributed by atoms with Crippen molar-refractivity contribution >= 4 is 0 Å². The molecule has 0 saturated heterocycles. The molecule has 1 aliphatic rings. The van der Waals surface area contributed by atoms with E-state index in [-0.39, 0.29) is 0 Å². The van der Waals surface area contributed by atoms with Gasteiger partial charge in [-0.3, -0.25) is 0 Å². The number of nitrogens with one attached hydrogen (secondary N) is 1. The molecule has 0 radical (unpaired) electrons. The first-order valence-corrected chi connectivity index (χ1v) is 6.00. The minimum atomic E-state index is 0.760. The molecule has 3 rings (SSSR count). The average molecular weight is 228 g/mol. The van der Waals surface area contributed by atoms with Gasteiger partial charge in [0.15, 0.2) is 0 Å². The van der Waals surface area contributed by atoms with E-state index >= 15 is 0 Å². The Balaban J connectivity index is 1.72. The first-order chi connectivity index (χ1) is 8.33. The standard InChI is InChI=1S/C13H16N4/c1-17-13(9-15-16-17)11-4-2-10(3-5-11)8-14-12-6-7-12/h2-5,9,12,14H,6-8H2,1H3. The molecule has 88 valence electrons. The first kappa shape index (κ1) is 10.5. The molecule has 0 aliphatic heterocycles. The number of rotatable bonds is 4. The summed E-state index contributed by atoms with van der Waals surface area (Å²) in [4.78, 5) is 0. The van der Waals surface area contributed by atoms with Crippen LogP contribution in [0.1, 0.15) is 18.4 Å². The zero-order chi connectivity index (χ0) is 11.7. The second-order valence-corrected chi connectivity index (χ2v) is 4.59. The topological polar surface area (TPSA) is 42.7 Å². The molecule has 1 aliphatic carbocycles. The molecule has 1 aromatic heterocycles. The third kappa shape index (κ3) is 2.36. The largest absolute Gasteiger partial charge is 0.310 e. The van der Waals surface area contributed by atoms with Crippen molar-refractivity contribution in [3.8, 4) is 11.3 Å². The SMILES string of the molecule is Cn1nncc1-c1ccc(CNC2CC2)cc1. The summed E-state index contributed by atoms with van der Waals surface area (Å²) < 4.78 is 1.79. The van der Waals surface area contributed by atoms with Crippen molar-refractivity contribution in [3.63, 3.8) is 0 Å². The van der Waals surface area contributed by atoms with E-state index in [0.717, 1.165) is 23.8 Å². The molecule has 0 spiro atoms. The Morgan fingerprint density at radius 3 is 2.65 bits per heavy atom. The molecule has 0 bridgehead atoms. The van der Waals surface area contributed by atoms with Crippen LogP contribution in [0.3, 0.4) is 0 Å². The van der Waals surface area contributed by atoms with Crippen molar-refractivity contribution in [1.29, 1.82) is 0 Å². The smallest absolute Gasteiger partial charge is 0.0882 e. The van der Waals surface area contributed by atoms with Gasteiger partial charge in [0, 0.05) is 25.2 Å². The van der Waals surface area contributed by atoms with Crippen LogP contribution in [-0.4, -0.2) is 21.0 Å². The van der Waals surface area contributed by atoms with Gasteiger partial charge in [-0.1, -0.05) is 29.5 Å². The molecule has 2 aromatic rings. The lowest BCUT2D eigenvalue weighted by molar-refractivity contribution is 0.688. The van der Waals surface area contributed by atoms with Crippen molar-refractivity contribution in [2.24, 2.45) is 7.05 Å². The summed E-state index contributed by atoms with van der Waals surface area (Å²) in [6.45, 7) is 0.967. The highest BCUT2D eigenvalue weighted by Crippen LogP contribution is 2.20. The molecular weight excluding hydrogens is 212 g/mol. The van der Waals surface area contributed by atoms with Gasteiger partial charge in [-0.2, -0.15) is 0 Å². The number of aryl methyl sites for hydroxylation is 1. The number of nitrogens with zero attached hydrogens (tertiary/aromatic N) is 3. The summed E-state index contributed by atoms with van der Waals surface area (Å²) >= 11 is 0. The van der Waals surface area contributed by atoms with Gasteiger partial charge in [-0.05, 0) is 18.4 Å². The van der Waals surface area contributed by atoms with Crippen LogP contribution in [0.4, 0.5) is 0 Å². The first-order valence-electron chi connectivity index (χ1n) is 6.00. The van der Waals surface area contributed by atoms with Gasteiger partial charge in [0.25, 0.3) is 0 Å². The minimum absolute atomic E-state index is 0.760. The van der Waals surface area contributed by atoms with E-state index in [1.54, 1.807) is 10.9 Å². The zero-order valence-corrected chi connectivity index (χ0v) is 9.93. The molecule has 4 heteroatoms. The summed E-state index contributed by atoms with van der Waals surface area (Å²) in [5.74, 6) is 0. The predicted molar refractivity (Wildman–Crippen MR) is 66.3 cm³/mol. The third-order valence-corrected chi connectivity index (χ3v) is 3.14. The lowest BCUT2D eigenvalue weighted by Gasteiger charge is -2.05. The maximum absolute atomic E-state index is 3.94. The maximum Gasteiger partial charge on any atom is 0.0882 e. The quantitative estimate of drug-likeness (QED) is 0.866. The summed E-state index contributed by atoms with van der Waals surface area (Å²) in [7, 11) is 1.91. The van der Waals surface area contributed by atoms with Gasteiger partial charge in [0.2, 0.25) is 0 Å². The van der Waals surface area contributed by atoms with Gasteiger partial charge in [-0.15, -0.1) is 5.10 Å². The molecule has 1 N–H and O–H groups in total. The molecular formula is C13H16N4. The van der Waals surface area contributed by atoms with Gasteiger partial charge in [0.05, 0.1) is 11.9 Å². The van der Waals surface area contributed by atoms with E-state index < -0.39 is 0 Å². The van der Waals surface area contributed by atoms with Crippen molar-refractivity contribution in [2.75, 3.05) is 0 Å². The molecule has 1 fully saturated rings. The summed E-state index contributed by atoms with van der Waals surface area (Å²) in [5.41, 5.74) is 3.54. The van der Waals surface area contributed by atoms with Crippen LogP contribution in [0.15, 0.2) is 30.5 Å². The Morgan fingerprint density at radius 1 is 1.29 bits per heavy atom. The Bertz CT molecular complexity index is 496. The summed E-state index contributed by atoms with van der Waals surface area (Å²) in [6, 6.07) is 9.34. The van der Waals surface area contributed by atoms with Crippen LogP contribution in [0.5, 0.6) is 0 Å². The Labute approximate surface area is 101 Å². The number of aromatic nitrogens is 3. The van der Waals surface area contributed by atoms with Gasteiger partial charge in [0.1, 0.15) is 0 Å². The normalized spacial score (nSPS) is 15.1. The number of hydrogen-bond acceptors (Lipinski definition) is 3. The highest BCUT2D eigenvalue weighted by Gasteiger charge is 2.19. The Morgan fingerprint density at radius 2 is 2.06 bits per heavy atom. The van der Waals surface area contributed by atoms with Crippen LogP contribution < -0.4 is 5.32 Å². The van der Waals surface area contributed by atoms with Crippen LogP contribution in [0.2, 0.25) is 0 Å². The van der Waals surface area contributed by atoms with Crippen molar-refractivity contribution < 1.29 is 0 Å². The fraction of sp³-hybridized carbons (Fsp3) is 0.385. The zero-order valence-electron chi connectivity index (χ0n) is 9.93. The van der Waals surface area contributed by atoms with Gasteiger partial charge >= 0.3 is 0 Å². The minimum Gasteiger partial charge on any atom is -0.310 e. The molecule has 0 atom stereocenters. The Kier molecular flexibility index (Phi) is 2.65. The van der Waals surface area contributed by atoms with Crippen LogP contribution in [0.25, 0.3) is 11.3 Å². The van der Waals surface area contributed by atoms with Gasteiger partial charge < -0.3 is 5.32 Å². The number of benzene rings is 1. The summed E-state index contributed by atoms with van der Waals surface area (Å²) in [5, 5.41) is 11.3. The summed E-state index contributed by atoms with van der Waals surface area (Å²) in [6.07, 6.45) is 4.45. The third-order valence-electron chi connectivity index (χ3n) is 3.14. The number of hydrogen-bond donors (Lipinski definition) is 1. The van der Waals surface area contributed by atoms with Crippen molar-refractivity contribution in [3.05, 3.63) is 36.0 Å². The predicted octanol–water partition coefficient (Wildman–Crippen LogP) is 1.73. The highest BCUT2D eigenvalue weighted by molar-refractivity contribution is 5.58. The van der Waals surface area contributed by atoms with Crippen LogP contribution >= 0.6 is 0 Å².